The Balaban J connectivity index is 2.38. The zero-order chi connectivity index (χ0) is 12.9. The zero-order valence-corrected chi connectivity index (χ0v) is 9.73. The molecule has 18 heavy (non-hydrogen) atoms. The predicted octanol–water partition coefficient (Wildman–Crippen LogP) is 2.48. The molecule has 0 saturated heterocycles. The third-order valence-electron chi connectivity index (χ3n) is 3.32. The Kier molecular flexibility index (Phi) is 2.10. The van der Waals surface area contributed by atoms with Crippen molar-refractivity contribution in [2.75, 3.05) is 0 Å². The standard InChI is InChI=1S/C15H10O3/c1-8-12(16)7-6-11-13(8)15(18)10-5-3-2-4-9(10)14(11)17/h2-7,16H,1H3. The highest BCUT2D eigenvalue weighted by Gasteiger charge is 2.31. The van der Waals surface area contributed by atoms with Gasteiger partial charge in [0.15, 0.2) is 11.6 Å². The van der Waals surface area contributed by atoms with E-state index in [2.05, 4.69) is 0 Å². The Morgan fingerprint density at radius 3 is 2.11 bits per heavy atom. The van der Waals surface area contributed by atoms with E-state index in [4.69, 9.17) is 0 Å². The molecule has 3 rings (SSSR count). The van der Waals surface area contributed by atoms with Crippen molar-refractivity contribution in [2.24, 2.45) is 0 Å². The number of carbonyl (C=O) groups excluding carboxylic acids is 2. The summed E-state index contributed by atoms with van der Waals surface area (Å²) in [6.45, 7) is 1.65. The number of hydrogen-bond donors (Lipinski definition) is 1. The number of phenolic OH excluding ortho intramolecular Hbond substituents is 1. The number of rotatable bonds is 0. The van der Waals surface area contributed by atoms with Gasteiger partial charge in [0.05, 0.1) is 0 Å². The molecule has 1 N–H and O–H groups in total. The molecule has 0 bridgehead atoms. The Labute approximate surface area is 104 Å². The van der Waals surface area contributed by atoms with E-state index in [1.54, 1.807) is 31.2 Å². The molecule has 0 unspecified atom stereocenters. The molecule has 1 aliphatic carbocycles. The van der Waals surface area contributed by atoms with E-state index in [9.17, 15) is 14.7 Å². The first-order valence-electron chi connectivity index (χ1n) is 5.62. The molecule has 0 heterocycles. The van der Waals surface area contributed by atoms with Gasteiger partial charge in [0.25, 0.3) is 0 Å². The van der Waals surface area contributed by atoms with E-state index >= 15 is 0 Å². The van der Waals surface area contributed by atoms with Crippen LogP contribution in [0.1, 0.15) is 37.4 Å². The molecular formula is C15H10O3. The first kappa shape index (κ1) is 10.7. The molecule has 0 saturated carbocycles. The van der Waals surface area contributed by atoms with E-state index in [1.807, 2.05) is 0 Å². The molecule has 3 nitrogen and oxygen atoms in total. The number of phenols is 1. The summed E-state index contributed by atoms with van der Waals surface area (Å²) in [5.41, 5.74) is 1.98. The van der Waals surface area contributed by atoms with E-state index in [1.165, 1.54) is 12.1 Å². The summed E-state index contributed by atoms with van der Waals surface area (Å²) in [6.07, 6.45) is 0. The molecule has 2 aromatic carbocycles. The first-order chi connectivity index (χ1) is 8.61. The molecule has 0 aliphatic heterocycles. The maximum Gasteiger partial charge on any atom is 0.194 e. The van der Waals surface area contributed by atoms with E-state index in [-0.39, 0.29) is 17.3 Å². The molecule has 0 aromatic heterocycles. The molecule has 0 atom stereocenters. The van der Waals surface area contributed by atoms with Crippen LogP contribution in [0.3, 0.4) is 0 Å². The number of carbonyl (C=O) groups is 2. The van der Waals surface area contributed by atoms with Crippen LogP contribution >= 0.6 is 0 Å². The second-order valence-corrected chi connectivity index (χ2v) is 4.34. The third kappa shape index (κ3) is 1.24. The molecule has 0 spiro atoms. The second kappa shape index (κ2) is 3.53. The molecule has 0 amide bonds. The Hall–Kier alpha value is -2.42. The Morgan fingerprint density at radius 1 is 0.833 bits per heavy atom. The summed E-state index contributed by atoms with van der Waals surface area (Å²) in [7, 11) is 0. The fraction of sp³-hybridized carbons (Fsp3) is 0.0667. The lowest BCUT2D eigenvalue weighted by Crippen LogP contribution is -2.21. The molecule has 0 fully saturated rings. The van der Waals surface area contributed by atoms with Crippen LogP contribution in [0.5, 0.6) is 5.75 Å². The zero-order valence-electron chi connectivity index (χ0n) is 9.73. The van der Waals surface area contributed by atoms with E-state index in [0.717, 1.165) is 0 Å². The third-order valence-corrected chi connectivity index (χ3v) is 3.32. The van der Waals surface area contributed by atoms with Crippen molar-refractivity contribution in [3.8, 4) is 5.75 Å². The average molecular weight is 238 g/mol. The summed E-state index contributed by atoms with van der Waals surface area (Å²) >= 11 is 0. The molecular weight excluding hydrogens is 228 g/mol. The lowest BCUT2D eigenvalue weighted by atomic mass is 9.82. The van der Waals surface area contributed by atoms with Gasteiger partial charge >= 0.3 is 0 Å². The van der Waals surface area contributed by atoms with Crippen LogP contribution in [0, 0.1) is 6.92 Å². The lowest BCUT2D eigenvalue weighted by molar-refractivity contribution is 0.0978. The van der Waals surface area contributed by atoms with Gasteiger partial charge in [0, 0.05) is 27.8 Å². The van der Waals surface area contributed by atoms with Crippen molar-refractivity contribution in [3.63, 3.8) is 0 Å². The number of hydrogen-bond acceptors (Lipinski definition) is 3. The second-order valence-electron chi connectivity index (χ2n) is 4.34. The molecule has 2 aromatic rings. The van der Waals surface area contributed by atoms with E-state index < -0.39 is 0 Å². The fourth-order valence-electron chi connectivity index (χ4n) is 2.34. The van der Waals surface area contributed by atoms with Crippen LogP contribution in [-0.2, 0) is 0 Å². The van der Waals surface area contributed by atoms with Gasteiger partial charge in [0.2, 0.25) is 0 Å². The normalized spacial score (nSPS) is 13.2. The van der Waals surface area contributed by atoms with Crippen molar-refractivity contribution in [3.05, 3.63) is 64.2 Å². The predicted molar refractivity (Wildman–Crippen MR) is 66.2 cm³/mol. The highest BCUT2D eigenvalue weighted by molar-refractivity contribution is 6.29. The minimum atomic E-state index is -0.200. The number of aromatic hydroxyl groups is 1. The summed E-state index contributed by atoms with van der Waals surface area (Å²) < 4.78 is 0. The van der Waals surface area contributed by atoms with Crippen LogP contribution in [0.4, 0.5) is 0 Å². The van der Waals surface area contributed by atoms with Gasteiger partial charge in [-0.05, 0) is 19.1 Å². The lowest BCUT2D eigenvalue weighted by Gasteiger charge is -2.19. The Morgan fingerprint density at radius 2 is 1.44 bits per heavy atom. The van der Waals surface area contributed by atoms with Gasteiger partial charge in [-0.15, -0.1) is 0 Å². The number of ketones is 2. The van der Waals surface area contributed by atoms with Gasteiger partial charge < -0.3 is 5.11 Å². The van der Waals surface area contributed by atoms with Crippen LogP contribution in [0.2, 0.25) is 0 Å². The maximum absolute atomic E-state index is 12.4. The monoisotopic (exact) mass is 238 g/mol. The van der Waals surface area contributed by atoms with Crippen LogP contribution in [0.25, 0.3) is 0 Å². The van der Waals surface area contributed by atoms with Crippen molar-refractivity contribution in [1.82, 2.24) is 0 Å². The van der Waals surface area contributed by atoms with Gasteiger partial charge in [-0.3, -0.25) is 9.59 Å². The van der Waals surface area contributed by atoms with Gasteiger partial charge in [-0.25, -0.2) is 0 Å². The van der Waals surface area contributed by atoms with Gasteiger partial charge in [0.1, 0.15) is 5.75 Å². The largest absolute Gasteiger partial charge is 0.508 e. The molecule has 1 aliphatic rings. The van der Waals surface area contributed by atoms with E-state index in [0.29, 0.717) is 27.8 Å². The van der Waals surface area contributed by atoms with Gasteiger partial charge in [-0.1, -0.05) is 24.3 Å². The van der Waals surface area contributed by atoms with Crippen molar-refractivity contribution < 1.29 is 14.7 Å². The van der Waals surface area contributed by atoms with Crippen LogP contribution in [-0.4, -0.2) is 16.7 Å². The van der Waals surface area contributed by atoms with Crippen molar-refractivity contribution in [1.29, 1.82) is 0 Å². The summed E-state index contributed by atoms with van der Waals surface area (Å²) in [6, 6.07) is 9.72. The van der Waals surface area contributed by atoms with Crippen molar-refractivity contribution >= 4 is 11.6 Å². The fourth-order valence-corrected chi connectivity index (χ4v) is 2.34. The highest BCUT2D eigenvalue weighted by atomic mass is 16.3. The van der Waals surface area contributed by atoms with Crippen molar-refractivity contribution in [2.45, 2.75) is 6.92 Å². The number of benzene rings is 2. The smallest absolute Gasteiger partial charge is 0.194 e. The minimum absolute atomic E-state index is 0.0364. The first-order valence-corrected chi connectivity index (χ1v) is 5.62. The average Bonchev–Trinajstić information content (AvgIpc) is 2.39. The maximum atomic E-state index is 12.4. The molecule has 3 heteroatoms. The summed E-state index contributed by atoms with van der Waals surface area (Å²) in [4.78, 5) is 24.6. The van der Waals surface area contributed by atoms with Crippen LogP contribution in [0.15, 0.2) is 36.4 Å². The number of fused-ring (bicyclic) bond motifs is 2. The summed E-state index contributed by atoms with van der Waals surface area (Å²) in [5.74, 6) is -0.328. The van der Waals surface area contributed by atoms with Crippen LogP contribution < -0.4 is 0 Å². The molecule has 88 valence electrons. The molecule has 0 radical (unpaired) electrons. The highest BCUT2D eigenvalue weighted by Crippen LogP contribution is 2.32. The Bertz CT molecular complexity index is 699. The van der Waals surface area contributed by atoms with Gasteiger partial charge in [-0.2, -0.15) is 0 Å². The topological polar surface area (TPSA) is 54.4 Å². The summed E-state index contributed by atoms with van der Waals surface area (Å²) in [5, 5.41) is 9.66. The SMILES string of the molecule is Cc1c(O)ccc2c1C(=O)c1ccccc1C2=O. The quantitative estimate of drug-likeness (QED) is 0.654. The minimum Gasteiger partial charge on any atom is -0.508 e.